The monoisotopic (exact) mass is 1150 g/mol. The zero-order chi connectivity index (χ0) is 61.7. The van der Waals surface area contributed by atoms with Gasteiger partial charge in [0.05, 0.1) is 18.6 Å². The standard InChI is InChI=1S/C52H88N14O15/c1-8-27(5)40(55)49(78)66-42(29(7)67)50(79)61-34(19-20-39(70)71)45(74)63-36(24-30-15-17-31(68)18-16-30)47(76)62-35(23-26(3)4)46(75)60-33(14-12-22-58-52(56)57)43(72)59-32(13-10-11-21-53)44(73)64-37(25-38(54)69)48(77)65-41(51(80)81)28(6)9-2/h15-18,26-29,32-37,40-42,67-68H,8-14,19-25,53,55H2,1-7H3,(H2,54,69)(H,59,72)(H,60,75)(H,61,79)(H,62,76)(H,63,74)(H,64,73)(H,65,77)(H,66,78)(H,70,71)(H,80,81)(H4,56,57,58)/t27-,28-,29+,32-,33-,34-,35-,36-,37-,40-,41-,42-/m0/s1. The van der Waals surface area contributed by atoms with Crippen LogP contribution in [-0.2, 0) is 59.2 Å². The maximum Gasteiger partial charge on any atom is 0.326 e. The molecule has 0 radical (unpaired) electrons. The number of aliphatic carboxylic acids is 2. The molecule has 0 bridgehead atoms. The first-order valence-corrected chi connectivity index (χ1v) is 27.1. The van der Waals surface area contributed by atoms with Gasteiger partial charge in [-0.05, 0) is 93.9 Å². The summed E-state index contributed by atoms with van der Waals surface area (Å²) in [5.41, 5.74) is 28.6. The van der Waals surface area contributed by atoms with Gasteiger partial charge in [0.2, 0.25) is 53.2 Å². The van der Waals surface area contributed by atoms with Crippen LogP contribution in [0.25, 0.3) is 0 Å². The number of nitrogens with zero attached hydrogens (tertiary/aromatic N) is 1. The van der Waals surface area contributed by atoms with Crippen molar-refractivity contribution in [3.8, 4) is 5.75 Å². The number of aliphatic hydroxyl groups excluding tert-OH is 1. The summed E-state index contributed by atoms with van der Waals surface area (Å²) in [7, 11) is 0. The summed E-state index contributed by atoms with van der Waals surface area (Å²) in [6.45, 7) is 11.6. The SMILES string of the molecule is CC[C@H](C)[C@H](N)C(=O)N[C@H](C(=O)N[C@@H](CCC(=O)O)C(=O)N[C@@H](Cc1ccc(O)cc1)C(=O)N[C@@H](CC(C)C)C(=O)N[C@@H](CCCN=C(N)N)C(=O)N[C@@H](CCCCN)C(=O)N[C@@H](CC(N)=O)C(=O)N[C@H](C(=O)O)[C@@H](C)CC)[C@@H](C)O. The Bertz CT molecular complexity index is 2300. The molecule has 9 amide bonds. The van der Waals surface area contributed by atoms with E-state index in [1.807, 2.05) is 0 Å². The number of carboxylic acid groups (broad SMARTS) is 2. The number of aliphatic imine (C=N–C) groups is 1. The number of carboxylic acids is 2. The number of hydrogen-bond acceptors (Lipinski definition) is 16. The average Bonchev–Trinajstić information content (AvgIpc) is 3.39. The molecule has 0 unspecified atom stereocenters. The average molecular weight is 1150 g/mol. The lowest BCUT2D eigenvalue weighted by Crippen LogP contribution is -2.61. The zero-order valence-electron chi connectivity index (χ0n) is 47.3. The van der Waals surface area contributed by atoms with Crippen molar-refractivity contribution < 1.29 is 73.2 Å². The highest BCUT2D eigenvalue weighted by atomic mass is 16.4. The lowest BCUT2D eigenvalue weighted by Gasteiger charge is -2.29. The predicted molar refractivity (Wildman–Crippen MR) is 296 cm³/mol. The molecule has 0 heterocycles. The summed E-state index contributed by atoms with van der Waals surface area (Å²) in [4.78, 5) is 151. The van der Waals surface area contributed by atoms with Crippen molar-refractivity contribution in [1.29, 1.82) is 0 Å². The Morgan fingerprint density at radius 1 is 0.556 bits per heavy atom. The number of hydrogen-bond donors (Lipinski definition) is 17. The number of carbonyl (C=O) groups is 11. The number of primary amides is 1. The van der Waals surface area contributed by atoms with Gasteiger partial charge in [-0.1, -0.05) is 66.5 Å². The van der Waals surface area contributed by atoms with Gasteiger partial charge in [0.15, 0.2) is 5.96 Å². The fourth-order valence-corrected chi connectivity index (χ4v) is 7.99. The number of rotatable bonds is 39. The van der Waals surface area contributed by atoms with E-state index in [0.29, 0.717) is 24.8 Å². The normalized spacial score (nSPS) is 15.6. The molecule has 1 aromatic carbocycles. The summed E-state index contributed by atoms with van der Waals surface area (Å²) in [6, 6.07) is -7.98. The Hall–Kier alpha value is -7.66. The van der Waals surface area contributed by atoms with Crippen LogP contribution in [0.15, 0.2) is 29.3 Å². The third kappa shape index (κ3) is 26.9. The van der Waals surface area contributed by atoms with Crippen LogP contribution in [0, 0.1) is 17.8 Å². The third-order valence-electron chi connectivity index (χ3n) is 13.2. The molecular formula is C52H88N14O15. The maximum atomic E-state index is 14.5. The molecule has 0 fully saturated rings. The summed E-state index contributed by atoms with van der Waals surface area (Å²) in [6.07, 6.45) is -2.57. The summed E-state index contributed by atoms with van der Waals surface area (Å²) >= 11 is 0. The van der Waals surface area contributed by atoms with E-state index in [4.69, 9.17) is 28.7 Å². The van der Waals surface area contributed by atoms with Crippen LogP contribution in [0.5, 0.6) is 5.75 Å². The largest absolute Gasteiger partial charge is 0.508 e. The topological polar surface area (TPSA) is 507 Å². The molecular weight excluding hydrogens is 1060 g/mol. The first-order chi connectivity index (χ1) is 37.9. The molecule has 0 saturated heterocycles. The van der Waals surface area contributed by atoms with E-state index in [1.54, 1.807) is 41.5 Å². The number of phenols is 1. The number of benzene rings is 1. The molecule has 0 aliphatic rings. The minimum absolute atomic E-state index is 0.0281. The van der Waals surface area contributed by atoms with Gasteiger partial charge >= 0.3 is 11.9 Å². The lowest BCUT2D eigenvalue weighted by molar-refractivity contribution is -0.144. The molecule has 22 N–H and O–H groups in total. The molecule has 12 atom stereocenters. The number of nitrogens with two attached hydrogens (primary N) is 5. The number of guanidine groups is 1. The van der Waals surface area contributed by atoms with Gasteiger partial charge in [-0.15, -0.1) is 0 Å². The molecule has 1 aromatic rings. The van der Waals surface area contributed by atoms with Crippen LogP contribution in [0.1, 0.15) is 125 Å². The number of amides is 9. The highest BCUT2D eigenvalue weighted by Crippen LogP contribution is 2.15. The number of nitrogens with one attached hydrogen (secondary N) is 8. The zero-order valence-corrected chi connectivity index (χ0v) is 47.3. The van der Waals surface area contributed by atoms with Crippen molar-refractivity contribution >= 4 is 71.1 Å². The van der Waals surface area contributed by atoms with Gasteiger partial charge in [-0.2, -0.15) is 0 Å². The second kappa shape index (κ2) is 36.6. The maximum absolute atomic E-state index is 14.5. The number of phenolic OH excluding ortho intramolecular Hbond substituents is 1. The summed E-state index contributed by atoms with van der Waals surface area (Å²) in [5.74, 6) is -13.2. The predicted octanol–water partition coefficient (Wildman–Crippen LogP) is -3.33. The van der Waals surface area contributed by atoms with E-state index >= 15 is 0 Å². The van der Waals surface area contributed by atoms with E-state index in [1.165, 1.54) is 31.2 Å². The molecule has 0 aliphatic carbocycles. The van der Waals surface area contributed by atoms with Crippen molar-refractivity contribution in [3.05, 3.63) is 29.8 Å². The van der Waals surface area contributed by atoms with Gasteiger partial charge in [0, 0.05) is 19.4 Å². The van der Waals surface area contributed by atoms with Crippen LogP contribution in [0.3, 0.4) is 0 Å². The van der Waals surface area contributed by atoms with E-state index in [2.05, 4.69) is 47.5 Å². The van der Waals surface area contributed by atoms with Crippen molar-refractivity contribution in [2.75, 3.05) is 13.1 Å². The molecule has 456 valence electrons. The van der Waals surface area contributed by atoms with E-state index in [9.17, 15) is 73.2 Å². The Kier molecular flexibility index (Phi) is 32.2. The van der Waals surface area contributed by atoms with Crippen molar-refractivity contribution in [3.63, 3.8) is 0 Å². The number of unbranched alkanes of at least 4 members (excludes halogenated alkanes) is 1. The Morgan fingerprint density at radius 2 is 1.01 bits per heavy atom. The number of aliphatic hydroxyl groups is 1. The fraction of sp³-hybridized carbons (Fsp3) is 0.654. The highest BCUT2D eigenvalue weighted by Gasteiger charge is 2.37. The molecule has 1 rings (SSSR count). The smallest absolute Gasteiger partial charge is 0.326 e. The molecule has 0 aromatic heterocycles. The molecule has 0 aliphatic heterocycles. The minimum Gasteiger partial charge on any atom is -0.508 e. The lowest BCUT2D eigenvalue weighted by atomic mass is 9.98. The van der Waals surface area contributed by atoms with E-state index in [-0.39, 0.29) is 75.2 Å². The van der Waals surface area contributed by atoms with E-state index in [0.717, 1.165) is 0 Å². The van der Waals surface area contributed by atoms with Crippen LogP contribution in [-0.4, -0.2) is 165 Å². The van der Waals surface area contributed by atoms with Gasteiger partial charge < -0.3 is 91.6 Å². The third-order valence-corrected chi connectivity index (χ3v) is 13.2. The van der Waals surface area contributed by atoms with E-state index < -0.39 is 151 Å². The van der Waals surface area contributed by atoms with Crippen molar-refractivity contribution in [2.45, 2.75) is 186 Å². The first kappa shape index (κ1) is 71.4. The molecule has 81 heavy (non-hydrogen) atoms. The molecule has 0 saturated carbocycles. The van der Waals surface area contributed by atoms with Gasteiger partial charge in [-0.25, -0.2) is 4.79 Å². The highest BCUT2D eigenvalue weighted by molar-refractivity contribution is 5.99. The molecule has 29 heteroatoms. The Morgan fingerprint density at radius 3 is 1.49 bits per heavy atom. The van der Waals surface area contributed by atoms with Crippen LogP contribution in [0.4, 0.5) is 0 Å². The number of aromatic hydroxyl groups is 1. The van der Waals surface area contributed by atoms with Crippen LogP contribution in [0.2, 0.25) is 0 Å². The second-order valence-corrected chi connectivity index (χ2v) is 20.6. The minimum atomic E-state index is -1.69. The van der Waals surface area contributed by atoms with Gasteiger partial charge in [0.1, 0.15) is 54.1 Å². The van der Waals surface area contributed by atoms with Crippen LogP contribution >= 0.6 is 0 Å². The van der Waals surface area contributed by atoms with Crippen LogP contribution < -0.4 is 71.2 Å². The van der Waals surface area contributed by atoms with Crippen molar-refractivity contribution in [1.82, 2.24) is 42.5 Å². The fourth-order valence-electron chi connectivity index (χ4n) is 7.99. The second-order valence-electron chi connectivity index (χ2n) is 20.6. The number of carbonyl (C=O) groups excluding carboxylic acids is 9. The van der Waals surface area contributed by atoms with Crippen molar-refractivity contribution in [2.24, 2.45) is 51.4 Å². The van der Waals surface area contributed by atoms with Gasteiger partial charge in [-0.3, -0.25) is 52.9 Å². The van der Waals surface area contributed by atoms with Gasteiger partial charge in [0.25, 0.3) is 0 Å². The Labute approximate surface area is 471 Å². The molecule has 0 spiro atoms. The Balaban J connectivity index is 3.76. The first-order valence-electron chi connectivity index (χ1n) is 27.1. The summed E-state index contributed by atoms with van der Waals surface area (Å²) < 4.78 is 0. The quantitative estimate of drug-likeness (QED) is 0.0174. The molecule has 29 nitrogen and oxygen atoms in total. The summed E-state index contributed by atoms with van der Waals surface area (Å²) in [5, 5.41) is 59.8.